The molecule has 0 unspecified atom stereocenters. The van der Waals surface area contributed by atoms with Crippen molar-refractivity contribution in [3.8, 4) is 0 Å². The number of aryl methyl sites for hydroxylation is 5. The first kappa shape index (κ1) is 36.2. The van der Waals surface area contributed by atoms with Crippen molar-refractivity contribution >= 4 is 44.1 Å². The number of unbranched alkanes of at least 4 members (excludes halogenated alkanes) is 2. The summed E-state index contributed by atoms with van der Waals surface area (Å²) < 4.78 is 3.25. The van der Waals surface area contributed by atoms with Crippen molar-refractivity contribution in [3.63, 3.8) is 0 Å². The maximum atomic E-state index is 13.2. The summed E-state index contributed by atoms with van der Waals surface area (Å²) in [6.07, 6.45) is 13.2. The normalized spacial score (nSPS) is 15.7. The summed E-state index contributed by atoms with van der Waals surface area (Å²) in [5.74, 6) is -0.536. The van der Waals surface area contributed by atoms with Crippen LogP contribution in [-0.4, -0.2) is 32.6 Å². The van der Waals surface area contributed by atoms with Crippen LogP contribution in [0.5, 0.6) is 0 Å². The van der Waals surface area contributed by atoms with Crippen molar-refractivity contribution in [3.05, 3.63) is 141 Å². The average Bonchev–Trinajstić information content (AvgIpc) is 3.74. The number of benzene rings is 3. The Morgan fingerprint density at radius 3 is 1.38 bits per heavy atom. The molecule has 0 spiro atoms. The summed E-state index contributed by atoms with van der Waals surface area (Å²) in [7, 11) is 0. The zero-order valence-electron chi connectivity index (χ0n) is 29.1. The summed E-state index contributed by atoms with van der Waals surface area (Å²) in [6.45, 7) is 14.8. The Morgan fingerprint density at radius 2 is 1.00 bits per heavy atom. The van der Waals surface area contributed by atoms with E-state index < -0.39 is 0 Å². The van der Waals surface area contributed by atoms with Gasteiger partial charge in [-0.15, -0.1) is 0 Å². The SMILES string of the molecule is CCC[CH2][Sn+2][CH2]CCC.Cc1ccc(/C([O-])=C2\C=CC(C(C3=N/C(=C(\[O-])c4ccc(C)cc4)C=C3)c3c(C)cc(C)cc3C)=N2)cc1. The monoisotopic (exact) mass is 732 g/mol. The van der Waals surface area contributed by atoms with Crippen molar-refractivity contribution in [1.29, 1.82) is 0 Å². The minimum atomic E-state index is -0.310. The summed E-state index contributed by atoms with van der Waals surface area (Å²) >= 11 is 0.149. The summed E-state index contributed by atoms with van der Waals surface area (Å²) in [5.41, 5.74) is 10.2. The average molecular weight is 732 g/mol. The molecule has 0 saturated heterocycles. The van der Waals surface area contributed by atoms with Crippen LogP contribution in [0, 0.1) is 34.6 Å². The van der Waals surface area contributed by atoms with Crippen LogP contribution in [-0.2, 0) is 0 Å². The van der Waals surface area contributed by atoms with Gasteiger partial charge in [-0.3, -0.25) is 9.98 Å². The fraction of sp³-hybridized carbons (Fsp3) is 0.333. The Hall–Kier alpha value is -3.64. The molecular weight excluding hydrogens is 683 g/mol. The second kappa shape index (κ2) is 17.5. The predicted molar refractivity (Wildman–Crippen MR) is 198 cm³/mol. The maximum absolute atomic E-state index is 13.2. The van der Waals surface area contributed by atoms with E-state index in [1.54, 1.807) is 21.0 Å². The molecule has 3 aromatic carbocycles. The van der Waals surface area contributed by atoms with Crippen molar-refractivity contribution in [2.75, 3.05) is 0 Å². The van der Waals surface area contributed by atoms with Gasteiger partial charge >= 0.3 is 69.5 Å². The van der Waals surface area contributed by atoms with Gasteiger partial charge in [0.25, 0.3) is 0 Å². The fourth-order valence-electron chi connectivity index (χ4n) is 5.86. The van der Waals surface area contributed by atoms with E-state index in [1.165, 1.54) is 31.2 Å². The van der Waals surface area contributed by atoms with Gasteiger partial charge in [0.1, 0.15) is 0 Å². The molecule has 0 radical (unpaired) electrons. The Labute approximate surface area is 292 Å². The van der Waals surface area contributed by atoms with Crippen molar-refractivity contribution < 1.29 is 10.2 Å². The minimum Gasteiger partial charge on any atom is -0.871 e. The third kappa shape index (κ3) is 9.70. The number of allylic oxidation sites excluding steroid dienone is 4. The van der Waals surface area contributed by atoms with Gasteiger partial charge in [0.15, 0.2) is 0 Å². The van der Waals surface area contributed by atoms with Crippen molar-refractivity contribution in [2.45, 2.75) is 88.9 Å². The molecule has 0 amide bonds. The first-order valence-electron chi connectivity index (χ1n) is 16.9. The summed E-state index contributed by atoms with van der Waals surface area (Å²) in [6, 6.07) is 19.4. The van der Waals surface area contributed by atoms with Crippen LogP contribution in [0.3, 0.4) is 0 Å². The van der Waals surface area contributed by atoms with E-state index in [0.29, 0.717) is 22.5 Å². The molecule has 5 heteroatoms. The maximum Gasteiger partial charge on any atom is 0.0691 e. The molecule has 2 aliphatic heterocycles. The topological polar surface area (TPSA) is 70.8 Å². The largest absolute Gasteiger partial charge is 0.871 e. The Bertz CT molecular complexity index is 1600. The van der Waals surface area contributed by atoms with Crippen LogP contribution in [0.1, 0.15) is 90.0 Å². The molecule has 0 atom stereocenters. The first-order valence-corrected chi connectivity index (χ1v) is 20.9. The molecule has 0 saturated carbocycles. The third-order valence-electron chi connectivity index (χ3n) is 8.45. The molecule has 2 heterocycles. The molecule has 2 aliphatic rings. The Balaban J connectivity index is 0.000000488. The van der Waals surface area contributed by atoms with E-state index in [0.717, 1.165) is 39.2 Å². The molecule has 0 aliphatic carbocycles. The van der Waals surface area contributed by atoms with Crippen LogP contribution in [0.2, 0.25) is 8.87 Å². The van der Waals surface area contributed by atoms with E-state index in [4.69, 9.17) is 9.98 Å². The van der Waals surface area contributed by atoms with Gasteiger partial charge in [0, 0.05) is 0 Å². The van der Waals surface area contributed by atoms with E-state index in [2.05, 4.69) is 46.8 Å². The minimum absolute atomic E-state index is 0.113. The van der Waals surface area contributed by atoms with Gasteiger partial charge < -0.3 is 10.2 Å². The zero-order chi connectivity index (χ0) is 33.9. The second-order valence-corrected chi connectivity index (χ2v) is 16.9. The van der Waals surface area contributed by atoms with Crippen LogP contribution in [0.15, 0.2) is 106 Å². The number of hydrogen-bond acceptors (Lipinski definition) is 4. The van der Waals surface area contributed by atoms with Gasteiger partial charge in [-0.05, 0) is 86.7 Å². The number of rotatable bonds is 11. The molecule has 0 bridgehead atoms. The fourth-order valence-corrected chi connectivity index (χ4v) is 10.0. The predicted octanol–water partition coefficient (Wildman–Crippen LogP) is 8.92. The van der Waals surface area contributed by atoms with E-state index >= 15 is 0 Å². The Kier molecular flexibility index (Phi) is 13.5. The number of hydrogen-bond donors (Lipinski definition) is 0. The van der Waals surface area contributed by atoms with E-state index in [9.17, 15) is 10.2 Å². The summed E-state index contributed by atoms with van der Waals surface area (Å²) in [5, 5.41) is 26.4. The van der Waals surface area contributed by atoms with Gasteiger partial charge in [-0.2, -0.15) is 0 Å². The van der Waals surface area contributed by atoms with Gasteiger partial charge in [0.05, 0.1) is 28.7 Å². The molecule has 4 nitrogen and oxygen atoms in total. The van der Waals surface area contributed by atoms with Gasteiger partial charge in [-0.25, -0.2) is 0 Å². The number of aliphatic imine (C=N–C) groups is 2. The molecule has 242 valence electrons. The molecule has 0 N–H and O–H groups in total. The van der Waals surface area contributed by atoms with Gasteiger partial charge in [-0.1, -0.05) is 88.9 Å². The molecule has 3 aromatic rings. The quantitative estimate of drug-likeness (QED) is 0.112. The van der Waals surface area contributed by atoms with Crippen molar-refractivity contribution in [2.24, 2.45) is 9.98 Å². The van der Waals surface area contributed by atoms with Crippen molar-refractivity contribution in [1.82, 2.24) is 0 Å². The van der Waals surface area contributed by atoms with Crippen LogP contribution < -0.4 is 10.2 Å². The van der Waals surface area contributed by atoms with E-state index in [-0.39, 0.29) is 38.6 Å². The second-order valence-electron chi connectivity index (χ2n) is 12.6. The number of nitrogens with zero attached hydrogens (tertiary/aromatic N) is 2. The molecule has 0 aromatic heterocycles. The van der Waals surface area contributed by atoms with Gasteiger partial charge in [0.2, 0.25) is 0 Å². The molecular formula is C42H48N2O2Sn. The van der Waals surface area contributed by atoms with E-state index in [1.807, 2.05) is 74.5 Å². The first-order chi connectivity index (χ1) is 22.6. The van der Waals surface area contributed by atoms with Crippen LogP contribution in [0.25, 0.3) is 11.5 Å². The zero-order valence-corrected chi connectivity index (χ0v) is 32.0. The van der Waals surface area contributed by atoms with Crippen LogP contribution in [0.4, 0.5) is 0 Å². The van der Waals surface area contributed by atoms with Crippen LogP contribution >= 0.6 is 0 Å². The Morgan fingerprint density at radius 1 is 0.596 bits per heavy atom. The summed E-state index contributed by atoms with van der Waals surface area (Å²) in [4.78, 5) is 9.63. The third-order valence-corrected chi connectivity index (χ3v) is 12.5. The molecule has 5 rings (SSSR count). The molecule has 0 fully saturated rings. The smallest absolute Gasteiger partial charge is 0.0691 e. The standard InChI is InChI=1S/C34H32N2O2.2C4H9.Sn/c1-20-6-10-25(11-7-20)33(37)29-16-14-27(35-29)32(31-23(4)18-22(3)19-24(31)5)28-15-17-30(36-28)34(38)26-12-8-21(2)9-13-26;2*1-3-4-2;/h6-19,32,37-38H,1-5H3;2*1,3-4H2,2H3;/q;;;+2/p-2/b33-29-,34-30-;;;. The molecule has 47 heavy (non-hydrogen) atoms.